The van der Waals surface area contributed by atoms with E-state index in [2.05, 4.69) is 52.5 Å². The van der Waals surface area contributed by atoms with Crippen molar-refractivity contribution in [2.45, 2.75) is 6.04 Å². The number of aliphatic hydroxyl groups excluding tert-OH is 1. The molecule has 1 aromatic carbocycles. The third kappa shape index (κ3) is 1.29. The van der Waals surface area contributed by atoms with Gasteiger partial charge in [-0.25, -0.2) is 0 Å². The molecule has 3 nitrogen and oxygen atoms in total. The third-order valence-electron chi connectivity index (χ3n) is 3.04. The molecule has 0 radical (unpaired) electrons. The van der Waals surface area contributed by atoms with Crippen LogP contribution >= 0.6 is 0 Å². The second-order valence-corrected chi connectivity index (χ2v) is 3.97. The molecule has 16 heavy (non-hydrogen) atoms. The zero-order chi connectivity index (χ0) is 11.0. The van der Waals surface area contributed by atoms with Gasteiger partial charge in [0.05, 0.1) is 18.3 Å². The Balaban J connectivity index is 2.06. The van der Waals surface area contributed by atoms with Crippen molar-refractivity contribution in [1.29, 1.82) is 0 Å². The number of fused-ring (bicyclic) bond motifs is 3. The Labute approximate surface area is 94.3 Å². The van der Waals surface area contributed by atoms with Gasteiger partial charge in [0, 0.05) is 18.4 Å². The van der Waals surface area contributed by atoms with Gasteiger partial charge in [0.2, 0.25) is 0 Å². The first-order valence-electron chi connectivity index (χ1n) is 5.52. The maximum atomic E-state index is 8.90. The van der Waals surface area contributed by atoms with Crippen LogP contribution in [0.25, 0.3) is 5.69 Å². The zero-order valence-electron chi connectivity index (χ0n) is 8.93. The summed E-state index contributed by atoms with van der Waals surface area (Å²) >= 11 is 0. The molecule has 0 fully saturated rings. The summed E-state index contributed by atoms with van der Waals surface area (Å²) in [6.07, 6.45) is 2.08. The summed E-state index contributed by atoms with van der Waals surface area (Å²) in [5.41, 5.74) is 3.76. The minimum atomic E-state index is 0.166. The summed E-state index contributed by atoms with van der Waals surface area (Å²) in [7, 11) is 0. The molecule has 2 heterocycles. The summed E-state index contributed by atoms with van der Waals surface area (Å²) in [5, 5.41) is 12.3. The molecule has 0 aliphatic carbocycles. The molecule has 82 valence electrons. The van der Waals surface area contributed by atoms with E-state index in [1.54, 1.807) is 0 Å². The number of benzene rings is 1. The van der Waals surface area contributed by atoms with Crippen LogP contribution in [0.4, 0.5) is 0 Å². The highest BCUT2D eigenvalue weighted by molar-refractivity contribution is 5.53. The van der Waals surface area contributed by atoms with Crippen molar-refractivity contribution in [3.63, 3.8) is 0 Å². The van der Waals surface area contributed by atoms with Crippen molar-refractivity contribution in [3.8, 4) is 5.69 Å². The van der Waals surface area contributed by atoms with Crippen molar-refractivity contribution < 1.29 is 5.11 Å². The molecule has 3 heteroatoms. The summed E-state index contributed by atoms with van der Waals surface area (Å²) in [5.74, 6) is 0. The van der Waals surface area contributed by atoms with E-state index >= 15 is 0 Å². The molecule has 1 aliphatic heterocycles. The molecule has 3 rings (SSSR count). The number of rotatable bonds is 3. The lowest BCUT2D eigenvalue weighted by molar-refractivity contribution is 0.288. The molecule has 0 saturated carbocycles. The van der Waals surface area contributed by atoms with Crippen molar-refractivity contribution in [2.75, 3.05) is 13.2 Å². The SMILES string of the molecule is OCCNC1c2ccccc2-n2cccc21. The number of nitrogens with one attached hydrogen (secondary N) is 1. The minimum Gasteiger partial charge on any atom is -0.395 e. The second kappa shape index (κ2) is 3.77. The van der Waals surface area contributed by atoms with Crippen LogP contribution < -0.4 is 5.32 Å². The normalized spacial score (nSPS) is 17.2. The Bertz CT molecular complexity index is 504. The zero-order valence-corrected chi connectivity index (χ0v) is 8.93. The average molecular weight is 214 g/mol. The largest absolute Gasteiger partial charge is 0.395 e. The number of aromatic nitrogens is 1. The quantitative estimate of drug-likeness (QED) is 0.811. The van der Waals surface area contributed by atoms with Crippen LogP contribution in [-0.4, -0.2) is 22.8 Å². The van der Waals surface area contributed by atoms with Crippen LogP contribution in [0.2, 0.25) is 0 Å². The average Bonchev–Trinajstić information content (AvgIpc) is 2.87. The van der Waals surface area contributed by atoms with E-state index < -0.39 is 0 Å². The molecule has 0 spiro atoms. The summed E-state index contributed by atoms with van der Waals surface area (Å²) < 4.78 is 2.20. The summed E-state index contributed by atoms with van der Waals surface area (Å²) in [6.45, 7) is 0.781. The van der Waals surface area contributed by atoms with Crippen LogP contribution in [0.1, 0.15) is 17.3 Å². The lowest BCUT2D eigenvalue weighted by atomic mass is 10.1. The molecular weight excluding hydrogens is 200 g/mol. The molecule has 0 bridgehead atoms. The maximum Gasteiger partial charge on any atom is 0.0756 e. The van der Waals surface area contributed by atoms with E-state index in [0.717, 1.165) is 0 Å². The van der Waals surface area contributed by atoms with Crippen LogP contribution in [-0.2, 0) is 0 Å². The number of para-hydroxylation sites is 1. The molecule has 1 atom stereocenters. The van der Waals surface area contributed by atoms with Gasteiger partial charge in [-0.05, 0) is 23.8 Å². The third-order valence-corrected chi connectivity index (χ3v) is 3.04. The number of aliphatic hydroxyl groups is 1. The Kier molecular flexibility index (Phi) is 2.27. The van der Waals surface area contributed by atoms with Gasteiger partial charge in [0.1, 0.15) is 0 Å². The van der Waals surface area contributed by atoms with Crippen molar-refractivity contribution in [3.05, 3.63) is 53.9 Å². The van der Waals surface area contributed by atoms with Gasteiger partial charge in [-0.2, -0.15) is 0 Å². The van der Waals surface area contributed by atoms with Gasteiger partial charge in [-0.3, -0.25) is 0 Å². The van der Waals surface area contributed by atoms with E-state index in [9.17, 15) is 0 Å². The first-order valence-corrected chi connectivity index (χ1v) is 5.52. The highest BCUT2D eigenvalue weighted by Crippen LogP contribution is 2.35. The summed E-state index contributed by atoms with van der Waals surface area (Å²) in [6, 6.07) is 12.7. The molecule has 1 unspecified atom stereocenters. The Morgan fingerprint density at radius 2 is 2.06 bits per heavy atom. The first-order chi connectivity index (χ1) is 7.92. The van der Waals surface area contributed by atoms with E-state index in [-0.39, 0.29) is 12.6 Å². The van der Waals surface area contributed by atoms with Gasteiger partial charge in [0.25, 0.3) is 0 Å². The van der Waals surface area contributed by atoms with Crippen LogP contribution in [0.15, 0.2) is 42.6 Å². The smallest absolute Gasteiger partial charge is 0.0756 e. The fourth-order valence-corrected chi connectivity index (χ4v) is 2.38. The highest BCUT2D eigenvalue weighted by Gasteiger charge is 2.26. The topological polar surface area (TPSA) is 37.2 Å². The minimum absolute atomic E-state index is 0.166. The second-order valence-electron chi connectivity index (χ2n) is 3.97. The van der Waals surface area contributed by atoms with E-state index in [0.29, 0.717) is 6.54 Å². The van der Waals surface area contributed by atoms with Crippen molar-refractivity contribution in [2.24, 2.45) is 0 Å². The van der Waals surface area contributed by atoms with Gasteiger partial charge in [-0.1, -0.05) is 18.2 Å². The molecular formula is C13H14N2O. The van der Waals surface area contributed by atoms with Gasteiger partial charge in [0.15, 0.2) is 0 Å². The highest BCUT2D eigenvalue weighted by atomic mass is 16.3. The molecule has 0 saturated heterocycles. The summed E-state index contributed by atoms with van der Waals surface area (Å²) in [4.78, 5) is 0. The van der Waals surface area contributed by atoms with Crippen LogP contribution in [0.3, 0.4) is 0 Å². The molecule has 1 aliphatic rings. The van der Waals surface area contributed by atoms with E-state index in [1.165, 1.54) is 16.9 Å². The predicted octanol–water partition coefficient (Wildman–Crippen LogP) is 1.46. The van der Waals surface area contributed by atoms with Crippen molar-refractivity contribution >= 4 is 0 Å². The van der Waals surface area contributed by atoms with Gasteiger partial charge in [-0.15, -0.1) is 0 Å². The number of hydrogen-bond donors (Lipinski definition) is 2. The Morgan fingerprint density at radius 3 is 2.94 bits per heavy atom. The van der Waals surface area contributed by atoms with Gasteiger partial charge < -0.3 is 15.0 Å². The Hall–Kier alpha value is -1.58. The maximum absolute atomic E-state index is 8.90. The standard InChI is InChI=1S/C13H14N2O/c16-9-7-14-13-10-4-1-2-5-11(10)15-8-3-6-12(13)15/h1-6,8,13-14,16H,7,9H2. The number of hydrogen-bond acceptors (Lipinski definition) is 2. The lowest BCUT2D eigenvalue weighted by Gasteiger charge is -2.12. The molecule has 0 amide bonds. The number of nitrogens with zero attached hydrogens (tertiary/aromatic N) is 1. The van der Waals surface area contributed by atoms with Crippen LogP contribution in [0.5, 0.6) is 0 Å². The monoisotopic (exact) mass is 214 g/mol. The van der Waals surface area contributed by atoms with Gasteiger partial charge >= 0.3 is 0 Å². The predicted molar refractivity (Wildman–Crippen MR) is 62.7 cm³/mol. The fraction of sp³-hybridized carbons (Fsp3) is 0.231. The Morgan fingerprint density at radius 1 is 1.19 bits per heavy atom. The first kappa shape index (κ1) is 9.63. The fourth-order valence-electron chi connectivity index (χ4n) is 2.38. The van der Waals surface area contributed by atoms with Crippen LogP contribution in [0, 0.1) is 0 Å². The van der Waals surface area contributed by atoms with E-state index in [1.807, 2.05) is 0 Å². The lowest BCUT2D eigenvalue weighted by Crippen LogP contribution is -2.23. The molecule has 2 N–H and O–H groups in total. The van der Waals surface area contributed by atoms with Crippen molar-refractivity contribution in [1.82, 2.24) is 9.88 Å². The molecule has 2 aromatic rings. The molecule has 1 aromatic heterocycles. The van der Waals surface area contributed by atoms with E-state index in [4.69, 9.17) is 5.11 Å².